The Hall–Kier alpha value is -1.25. The molecule has 2 N–H and O–H groups in total. The van der Waals surface area contributed by atoms with Gasteiger partial charge in [0.1, 0.15) is 0 Å². The summed E-state index contributed by atoms with van der Waals surface area (Å²) in [6.07, 6.45) is 44.5. The van der Waals surface area contributed by atoms with Gasteiger partial charge >= 0.3 is 5.97 Å². The van der Waals surface area contributed by atoms with Crippen LogP contribution < -0.4 is 0 Å². The summed E-state index contributed by atoms with van der Waals surface area (Å²) >= 11 is 0. The molecule has 0 aliphatic carbocycles. The van der Waals surface area contributed by atoms with Crippen LogP contribution in [0.5, 0.6) is 0 Å². The fourth-order valence-electron chi connectivity index (χ4n) is 6.17. The average Bonchev–Trinajstić information content (AvgIpc) is 3.12. The summed E-state index contributed by atoms with van der Waals surface area (Å²) in [6, 6.07) is 0. The third kappa shape index (κ3) is 36.5. The Labute approximate surface area is 309 Å². The number of hydrogen-bond donors (Lipinski definition) is 2. The molecule has 2 aliphatic rings. The number of aliphatic hydroxyl groups excluding tert-OH is 1. The van der Waals surface area contributed by atoms with E-state index in [0.29, 0.717) is 13.0 Å². The van der Waals surface area contributed by atoms with Gasteiger partial charge in [0.05, 0.1) is 0 Å². The second-order valence-electron chi connectivity index (χ2n) is 14.0. The molecule has 2 unspecified atom stereocenters. The quantitative estimate of drug-likeness (QED) is 0.0530. The Balaban J connectivity index is 0.000000942. The van der Waals surface area contributed by atoms with E-state index in [-0.39, 0.29) is 20.0 Å². The maximum absolute atomic E-state index is 10.4. The van der Waals surface area contributed by atoms with Crippen LogP contribution in [0.1, 0.15) is 200 Å². The number of aliphatic carboxylic acids is 1. The molecule has 0 aromatic rings. The molecule has 2 fully saturated rings. The van der Waals surface area contributed by atoms with Crippen LogP contribution in [0.4, 0.5) is 0 Å². The molecule has 2 atom stereocenters. The number of aliphatic hydroxyl groups is 1. The first-order valence-electron chi connectivity index (χ1n) is 20.8. The van der Waals surface area contributed by atoms with Crippen LogP contribution in [0.3, 0.4) is 0 Å². The van der Waals surface area contributed by atoms with Crippen molar-refractivity contribution in [2.24, 2.45) is 0 Å². The van der Waals surface area contributed by atoms with Crippen molar-refractivity contribution in [2.75, 3.05) is 33.0 Å². The fraction of sp³-hybridized carbons (Fsp3) is 0.884. The minimum Gasteiger partial charge on any atom is -0.481 e. The highest BCUT2D eigenvalue weighted by molar-refractivity contribution is 5.66. The largest absolute Gasteiger partial charge is 0.481 e. The Morgan fingerprint density at radius 3 is 1.24 bits per heavy atom. The number of rotatable bonds is 32. The van der Waals surface area contributed by atoms with Crippen molar-refractivity contribution in [3.8, 4) is 0 Å². The molecule has 0 amide bonds. The van der Waals surface area contributed by atoms with E-state index in [1.54, 1.807) is 0 Å². The summed E-state index contributed by atoms with van der Waals surface area (Å²) in [6.45, 7) is 3.76. The van der Waals surface area contributed by atoms with Gasteiger partial charge in [0.15, 0.2) is 12.6 Å². The lowest BCUT2D eigenvalue weighted by Gasteiger charge is -2.22. The standard InChI is InChI=1S/C21H38O4.C21H40O3.CH4/c22-20(23)16-12-10-8-6-4-2-1-3-5-7-9-11-14-18-24-21-17-13-15-19-25-21;22-18-14-11-9-7-5-3-1-2-4-6-8-10-12-15-19-23-21-17-13-16-20-24-21;/h5,7,21H,1-4,6,8-19H2,(H,22,23);6,8,21-22H,1-5,7,9-20H2;1H4/b7-5-;8-6-;. The van der Waals surface area contributed by atoms with Crippen LogP contribution in [0.25, 0.3) is 0 Å². The molecular weight excluding hydrogens is 628 g/mol. The lowest BCUT2D eigenvalue weighted by atomic mass is 10.1. The van der Waals surface area contributed by atoms with Gasteiger partial charge in [-0.1, -0.05) is 102 Å². The SMILES string of the molecule is C.O=C(O)CCCCCCCCC/C=C\CCCCOC1CCCCO1.OCCCCCCCCCC/C=C\CCCCOC1CCCCO1. The van der Waals surface area contributed by atoms with Gasteiger partial charge in [-0.05, 0) is 116 Å². The van der Waals surface area contributed by atoms with Crippen molar-refractivity contribution in [1.82, 2.24) is 0 Å². The van der Waals surface area contributed by atoms with E-state index in [1.807, 2.05) is 0 Å². The normalized spacial score (nSPS) is 17.9. The third-order valence-electron chi connectivity index (χ3n) is 9.29. The van der Waals surface area contributed by atoms with Gasteiger partial charge in [0.25, 0.3) is 0 Å². The van der Waals surface area contributed by atoms with Gasteiger partial charge in [-0.25, -0.2) is 0 Å². The zero-order chi connectivity index (χ0) is 35.1. The number of carboxylic acids is 1. The van der Waals surface area contributed by atoms with Crippen molar-refractivity contribution in [1.29, 1.82) is 0 Å². The zero-order valence-electron chi connectivity index (χ0n) is 31.6. The highest BCUT2D eigenvalue weighted by Gasteiger charge is 2.14. The molecule has 0 spiro atoms. The van der Waals surface area contributed by atoms with Gasteiger partial charge in [-0.2, -0.15) is 0 Å². The van der Waals surface area contributed by atoms with E-state index in [4.69, 9.17) is 29.2 Å². The van der Waals surface area contributed by atoms with E-state index in [9.17, 15) is 4.79 Å². The maximum atomic E-state index is 10.4. The van der Waals surface area contributed by atoms with Crippen LogP contribution in [0, 0.1) is 0 Å². The molecule has 2 heterocycles. The van der Waals surface area contributed by atoms with Crippen molar-refractivity contribution in [3.05, 3.63) is 24.3 Å². The van der Waals surface area contributed by atoms with Gasteiger partial charge in [-0.3, -0.25) is 4.79 Å². The second kappa shape index (κ2) is 40.5. The molecule has 2 aliphatic heterocycles. The highest BCUT2D eigenvalue weighted by Crippen LogP contribution is 2.16. The Morgan fingerprint density at radius 2 is 0.880 bits per heavy atom. The summed E-state index contributed by atoms with van der Waals surface area (Å²) in [5.41, 5.74) is 0. The van der Waals surface area contributed by atoms with E-state index in [2.05, 4.69) is 24.3 Å². The van der Waals surface area contributed by atoms with Gasteiger partial charge in [-0.15, -0.1) is 0 Å². The molecule has 7 heteroatoms. The third-order valence-corrected chi connectivity index (χ3v) is 9.29. The summed E-state index contributed by atoms with van der Waals surface area (Å²) in [7, 11) is 0. The lowest BCUT2D eigenvalue weighted by molar-refractivity contribution is -0.163. The Bertz CT molecular complexity index is 729. The second-order valence-corrected chi connectivity index (χ2v) is 14.0. The molecule has 0 radical (unpaired) electrons. The Kier molecular flexibility index (Phi) is 39.5. The first-order chi connectivity index (χ1) is 24.2. The van der Waals surface area contributed by atoms with Gasteiger partial charge < -0.3 is 29.2 Å². The van der Waals surface area contributed by atoms with Crippen LogP contribution in [-0.4, -0.2) is 61.8 Å². The highest BCUT2D eigenvalue weighted by atomic mass is 16.7. The van der Waals surface area contributed by atoms with Crippen molar-refractivity contribution >= 4 is 5.97 Å². The molecule has 0 bridgehead atoms. The van der Waals surface area contributed by atoms with Crippen molar-refractivity contribution in [3.63, 3.8) is 0 Å². The Morgan fingerprint density at radius 1 is 0.520 bits per heavy atom. The van der Waals surface area contributed by atoms with Crippen LogP contribution >= 0.6 is 0 Å². The number of ether oxygens (including phenoxy) is 4. The van der Waals surface area contributed by atoms with Crippen LogP contribution in [-0.2, 0) is 23.7 Å². The average molecular weight is 711 g/mol. The summed E-state index contributed by atoms with van der Waals surface area (Å²) < 4.78 is 22.6. The number of unbranched alkanes of at least 4 members (excludes halogenated alkanes) is 19. The summed E-state index contributed by atoms with van der Waals surface area (Å²) in [5.74, 6) is -0.669. The smallest absolute Gasteiger partial charge is 0.303 e. The monoisotopic (exact) mass is 711 g/mol. The summed E-state index contributed by atoms with van der Waals surface area (Å²) in [4.78, 5) is 10.4. The van der Waals surface area contributed by atoms with Crippen molar-refractivity contribution < 1.29 is 34.0 Å². The number of allylic oxidation sites excluding steroid dienone is 4. The maximum Gasteiger partial charge on any atom is 0.303 e. The fourth-order valence-corrected chi connectivity index (χ4v) is 6.17. The predicted molar refractivity (Wildman–Crippen MR) is 210 cm³/mol. The van der Waals surface area contributed by atoms with E-state index < -0.39 is 5.97 Å². The molecule has 296 valence electrons. The summed E-state index contributed by atoms with van der Waals surface area (Å²) in [5, 5.41) is 17.3. The molecule has 0 saturated carbocycles. The molecule has 0 aromatic carbocycles. The predicted octanol–water partition coefficient (Wildman–Crippen LogP) is 12.2. The topological polar surface area (TPSA) is 94.5 Å². The zero-order valence-corrected chi connectivity index (χ0v) is 31.6. The van der Waals surface area contributed by atoms with Crippen LogP contribution in [0.15, 0.2) is 24.3 Å². The first-order valence-corrected chi connectivity index (χ1v) is 20.8. The number of hydrogen-bond acceptors (Lipinski definition) is 6. The van der Waals surface area contributed by atoms with Gasteiger partial charge in [0.2, 0.25) is 0 Å². The molecule has 7 nitrogen and oxygen atoms in total. The lowest BCUT2D eigenvalue weighted by Crippen LogP contribution is -2.22. The molecular formula is C43H82O7. The first kappa shape index (κ1) is 48.8. The van der Waals surface area contributed by atoms with E-state index >= 15 is 0 Å². The van der Waals surface area contributed by atoms with Crippen LogP contribution in [0.2, 0.25) is 0 Å². The van der Waals surface area contributed by atoms with E-state index in [0.717, 1.165) is 77.8 Å². The van der Waals surface area contributed by atoms with E-state index in [1.165, 1.54) is 135 Å². The number of carboxylic acid groups (broad SMARTS) is 1. The molecule has 2 saturated heterocycles. The van der Waals surface area contributed by atoms with Crippen molar-refractivity contribution in [2.45, 2.75) is 213 Å². The van der Waals surface area contributed by atoms with Gasteiger partial charge in [0, 0.05) is 39.5 Å². The minimum atomic E-state index is -0.669. The molecule has 2 rings (SSSR count). The minimum absolute atomic E-state index is 0. The number of carbonyl (C=O) groups is 1. The molecule has 0 aromatic heterocycles. The molecule has 50 heavy (non-hydrogen) atoms.